The number of hydrogen-bond donors (Lipinski definition) is 6. The molecule has 0 aliphatic carbocycles. The second kappa shape index (κ2) is 12.9. The first-order valence-corrected chi connectivity index (χ1v) is 13.4. The number of hydrogen-bond acceptors (Lipinski definition) is 9. The highest BCUT2D eigenvalue weighted by Gasteiger charge is 2.55. The summed E-state index contributed by atoms with van der Waals surface area (Å²) in [6, 6.07) is 0. The van der Waals surface area contributed by atoms with E-state index in [0.29, 0.717) is 6.42 Å². The molecule has 12 atom stereocenters. The van der Waals surface area contributed by atoms with Crippen LogP contribution in [0, 0.1) is 16.7 Å². The largest absolute Gasteiger partial charge is 0.394 e. The molecular weight excluding hydrogens is 456 g/mol. The van der Waals surface area contributed by atoms with Crippen molar-refractivity contribution in [1.82, 2.24) is 0 Å². The average molecular weight is 507 g/mol. The van der Waals surface area contributed by atoms with Crippen molar-refractivity contribution in [3.8, 4) is 0 Å². The van der Waals surface area contributed by atoms with Crippen molar-refractivity contribution in [3.05, 3.63) is 0 Å². The summed E-state index contributed by atoms with van der Waals surface area (Å²) in [5, 5.41) is 64.2. The quantitative estimate of drug-likeness (QED) is 0.231. The van der Waals surface area contributed by atoms with Crippen molar-refractivity contribution in [2.45, 2.75) is 135 Å². The van der Waals surface area contributed by atoms with Gasteiger partial charge in [-0.2, -0.15) is 0 Å². The van der Waals surface area contributed by atoms with E-state index in [-0.39, 0.29) is 12.0 Å². The molecule has 0 saturated carbocycles. The van der Waals surface area contributed by atoms with Gasteiger partial charge in [-0.3, -0.25) is 0 Å². The number of rotatable bonds is 12. The van der Waals surface area contributed by atoms with Gasteiger partial charge in [-0.25, -0.2) is 0 Å². The maximum Gasteiger partial charge on any atom is 0.187 e. The van der Waals surface area contributed by atoms with Crippen molar-refractivity contribution in [3.63, 3.8) is 0 Å². The van der Waals surface area contributed by atoms with E-state index < -0.39 is 73.1 Å². The molecule has 0 bridgehead atoms. The lowest BCUT2D eigenvalue weighted by Gasteiger charge is -2.52. The van der Waals surface area contributed by atoms with Crippen LogP contribution < -0.4 is 0 Å². The minimum absolute atomic E-state index is 0.373. The van der Waals surface area contributed by atoms with Gasteiger partial charge in [-0.15, -0.1) is 0 Å². The molecule has 6 N–H and O–H groups in total. The smallest absolute Gasteiger partial charge is 0.187 e. The van der Waals surface area contributed by atoms with Crippen LogP contribution in [0.4, 0.5) is 0 Å². The molecule has 6 unspecified atom stereocenters. The van der Waals surface area contributed by atoms with E-state index in [1.165, 1.54) is 0 Å². The molecule has 0 aromatic rings. The van der Waals surface area contributed by atoms with Gasteiger partial charge in [0.25, 0.3) is 0 Å². The van der Waals surface area contributed by atoms with Crippen LogP contribution in [0.1, 0.15) is 80.1 Å². The van der Waals surface area contributed by atoms with Gasteiger partial charge in [-0.1, -0.05) is 60.8 Å². The molecule has 0 amide bonds. The minimum Gasteiger partial charge on any atom is -0.394 e. The van der Waals surface area contributed by atoms with Gasteiger partial charge in [0, 0.05) is 5.92 Å². The van der Waals surface area contributed by atoms with Gasteiger partial charge < -0.3 is 44.8 Å². The van der Waals surface area contributed by atoms with Gasteiger partial charge >= 0.3 is 0 Å². The van der Waals surface area contributed by atoms with Gasteiger partial charge in [0.2, 0.25) is 0 Å². The van der Waals surface area contributed by atoms with Crippen molar-refractivity contribution in [2.75, 3.05) is 13.2 Å². The lowest BCUT2D eigenvalue weighted by Crippen LogP contribution is -2.66. The highest BCUT2D eigenvalue weighted by molar-refractivity contribution is 5.01. The predicted octanol–water partition coefficient (Wildman–Crippen LogP) is 1.34. The third kappa shape index (κ3) is 6.21. The summed E-state index contributed by atoms with van der Waals surface area (Å²) >= 11 is 0. The Kier molecular flexibility index (Phi) is 11.4. The second-order valence-electron chi connectivity index (χ2n) is 11.1. The van der Waals surface area contributed by atoms with E-state index in [1.54, 1.807) is 0 Å². The molecule has 208 valence electrons. The van der Waals surface area contributed by atoms with E-state index in [4.69, 9.17) is 14.2 Å². The Morgan fingerprint density at radius 3 is 1.71 bits per heavy atom. The number of ether oxygens (including phenoxy) is 3. The lowest BCUT2D eigenvalue weighted by molar-refractivity contribution is -0.348. The average Bonchev–Trinajstić information content (AvgIpc) is 2.84. The van der Waals surface area contributed by atoms with Crippen LogP contribution in [0.2, 0.25) is 0 Å². The molecule has 2 saturated heterocycles. The van der Waals surface area contributed by atoms with Crippen LogP contribution in [0.5, 0.6) is 0 Å². The Morgan fingerprint density at radius 1 is 0.686 bits per heavy atom. The van der Waals surface area contributed by atoms with Crippen molar-refractivity contribution >= 4 is 0 Å². The van der Waals surface area contributed by atoms with Crippen LogP contribution in [0.3, 0.4) is 0 Å². The predicted molar refractivity (Wildman–Crippen MR) is 130 cm³/mol. The molecular formula is C26H50O9. The molecule has 2 fully saturated rings. The molecule has 2 rings (SSSR count). The van der Waals surface area contributed by atoms with Crippen LogP contribution in [-0.2, 0) is 14.2 Å². The third-order valence-electron chi connectivity index (χ3n) is 8.79. The molecule has 9 nitrogen and oxygen atoms in total. The Balaban J connectivity index is 2.26. The highest BCUT2D eigenvalue weighted by atomic mass is 16.7. The van der Waals surface area contributed by atoms with Gasteiger partial charge in [0.05, 0.1) is 31.5 Å². The fourth-order valence-corrected chi connectivity index (χ4v) is 6.29. The van der Waals surface area contributed by atoms with E-state index in [9.17, 15) is 30.6 Å². The second-order valence-corrected chi connectivity index (χ2v) is 11.1. The molecule has 0 radical (unpaired) electrons. The van der Waals surface area contributed by atoms with Crippen molar-refractivity contribution < 1.29 is 44.8 Å². The number of aliphatic hydroxyl groups excluding tert-OH is 6. The number of aliphatic hydroxyl groups is 6. The Morgan fingerprint density at radius 2 is 1.23 bits per heavy atom. The lowest BCUT2D eigenvalue weighted by atomic mass is 9.65. The zero-order valence-corrected chi connectivity index (χ0v) is 22.3. The standard InChI is InChI=1S/C26H50O9/c1-7-11-25(5,9-3)17-15(13-27)34-24(21(32)18(17)29)35-22-16(14-28)33-23(20(31)19(22)30)26(6,10-4)12-8-2/h15-24,27-32H,7-14H2,1-6H3/t15?,16-,17+,18?,19?,20?,21-,22+,23+,24-,25?,26?/m0/s1. The fraction of sp³-hybridized carbons (Fsp3) is 1.00. The Labute approximate surface area is 210 Å². The Hall–Kier alpha value is -0.360. The summed E-state index contributed by atoms with van der Waals surface area (Å²) in [6.45, 7) is 11.2. The summed E-state index contributed by atoms with van der Waals surface area (Å²) in [6.07, 6.45) is -5.70. The molecule has 0 spiro atoms. The van der Waals surface area contributed by atoms with E-state index >= 15 is 0 Å². The summed E-state index contributed by atoms with van der Waals surface area (Å²) in [5.74, 6) is -0.525. The first-order chi connectivity index (χ1) is 16.5. The molecule has 0 aromatic heterocycles. The molecule has 2 aliphatic heterocycles. The summed E-state index contributed by atoms with van der Waals surface area (Å²) in [7, 11) is 0. The summed E-state index contributed by atoms with van der Waals surface area (Å²) in [4.78, 5) is 0. The molecule has 0 aromatic carbocycles. The maximum absolute atomic E-state index is 11.1. The van der Waals surface area contributed by atoms with Gasteiger partial charge in [0.1, 0.15) is 30.5 Å². The van der Waals surface area contributed by atoms with E-state index in [1.807, 2.05) is 41.5 Å². The van der Waals surface area contributed by atoms with Crippen LogP contribution >= 0.6 is 0 Å². The zero-order valence-electron chi connectivity index (χ0n) is 22.3. The zero-order chi connectivity index (χ0) is 26.6. The first kappa shape index (κ1) is 30.9. The normalized spacial score (nSPS) is 41.8. The molecule has 2 heterocycles. The van der Waals surface area contributed by atoms with Crippen LogP contribution in [0.15, 0.2) is 0 Å². The fourth-order valence-electron chi connectivity index (χ4n) is 6.29. The van der Waals surface area contributed by atoms with E-state index in [0.717, 1.165) is 32.1 Å². The van der Waals surface area contributed by atoms with Crippen LogP contribution in [0.25, 0.3) is 0 Å². The van der Waals surface area contributed by atoms with Crippen LogP contribution in [-0.4, -0.2) is 99.0 Å². The third-order valence-corrected chi connectivity index (χ3v) is 8.79. The monoisotopic (exact) mass is 506 g/mol. The van der Waals surface area contributed by atoms with Crippen molar-refractivity contribution in [1.29, 1.82) is 0 Å². The molecule has 2 aliphatic rings. The van der Waals surface area contributed by atoms with E-state index in [2.05, 4.69) is 0 Å². The minimum atomic E-state index is -1.45. The topological polar surface area (TPSA) is 149 Å². The van der Waals surface area contributed by atoms with Gasteiger partial charge in [-0.05, 0) is 30.1 Å². The maximum atomic E-state index is 11.1. The first-order valence-electron chi connectivity index (χ1n) is 13.4. The summed E-state index contributed by atoms with van der Waals surface area (Å²) < 4.78 is 17.9. The molecule has 9 heteroatoms. The molecule has 35 heavy (non-hydrogen) atoms. The SMILES string of the molecule is CCCC(C)(CC)[C@@H]1C(CO)O[C@@H](O[C@H]2C(O)C(O)[C@H](C(C)(CC)CCC)O[C@H]2CO)[C@@H](O)C1O. The van der Waals surface area contributed by atoms with Crippen molar-refractivity contribution in [2.24, 2.45) is 16.7 Å². The Bertz CT molecular complexity index is 632. The van der Waals surface area contributed by atoms with Gasteiger partial charge in [0.15, 0.2) is 6.29 Å². The highest BCUT2D eigenvalue weighted by Crippen LogP contribution is 2.46. The summed E-state index contributed by atoms with van der Waals surface area (Å²) in [5.41, 5.74) is -0.786.